The molecule has 0 aromatic carbocycles. The number of ether oxygens (including phenoxy) is 1. The summed E-state index contributed by atoms with van der Waals surface area (Å²) in [5, 5.41) is 2.58. The van der Waals surface area contributed by atoms with E-state index >= 15 is 0 Å². The van der Waals surface area contributed by atoms with Crippen molar-refractivity contribution in [1.82, 2.24) is 10.2 Å². The third-order valence-electron chi connectivity index (χ3n) is 3.72. The Morgan fingerprint density at radius 1 is 1.29 bits per heavy atom. The summed E-state index contributed by atoms with van der Waals surface area (Å²) in [5.41, 5.74) is -0.0201. The van der Waals surface area contributed by atoms with E-state index in [1.807, 2.05) is 11.0 Å². The molecule has 126 valence electrons. The van der Waals surface area contributed by atoms with E-state index in [1.165, 1.54) is 11.0 Å². The van der Waals surface area contributed by atoms with Crippen LogP contribution in [0.15, 0.2) is 34.8 Å². The molecule has 7 nitrogen and oxygen atoms in total. The van der Waals surface area contributed by atoms with Crippen LogP contribution in [-0.4, -0.2) is 54.7 Å². The largest absolute Gasteiger partial charge is 0.441 e. The van der Waals surface area contributed by atoms with E-state index < -0.39 is 11.8 Å². The number of carbonyl (C=O) groups excluding carboxylic acids is 2. The third-order valence-corrected chi connectivity index (χ3v) is 4.04. The Morgan fingerprint density at radius 3 is 2.75 bits per heavy atom. The number of nitrogens with zero attached hydrogens (tertiary/aromatic N) is 2. The van der Waals surface area contributed by atoms with Gasteiger partial charge in [-0.3, -0.25) is 19.8 Å². The Bertz CT molecular complexity index is 719. The van der Waals surface area contributed by atoms with E-state index in [1.54, 1.807) is 12.1 Å². The van der Waals surface area contributed by atoms with Crippen molar-refractivity contribution in [2.24, 2.45) is 0 Å². The van der Waals surface area contributed by atoms with Crippen molar-refractivity contribution in [3.8, 4) is 0 Å². The van der Waals surface area contributed by atoms with Crippen molar-refractivity contribution in [3.63, 3.8) is 0 Å². The van der Waals surface area contributed by atoms with Gasteiger partial charge < -0.3 is 14.1 Å². The lowest BCUT2D eigenvalue weighted by atomic mass is 10.1. The van der Waals surface area contributed by atoms with Crippen LogP contribution in [0.1, 0.15) is 5.76 Å². The fraction of sp³-hybridized carbons (Fsp3) is 0.312. The van der Waals surface area contributed by atoms with Gasteiger partial charge in [-0.25, -0.2) is 0 Å². The van der Waals surface area contributed by atoms with Gasteiger partial charge in [-0.05, 0) is 24.4 Å². The van der Waals surface area contributed by atoms with Crippen LogP contribution >= 0.6 is 12.2 Å². The van der Waals surface area contributed by atoms with Gasteiger partial charge in [0.25, 0.3) is 11.8 Å². The number of nitrogens with one attached hydrogen (secondary N) is 1. The maximum Gasteiger partial charge on any atom is 0.266 e. The van der Waals surface area contributed by atoms with Crippen molar-refractivity contribution in [2.45, 2.75) is 0 Å². The number of thiocarbonyl (C=S) groups is 1. The fourth-order valence-corrected chi connectivity index (χ4v) is 2.75. The van der Waals surface area contributed by atoms with Gasteiger partial charge in [-0.15, -0.1) is 6.58 Å². The third kappa shape index (κ3) is 3.24. The van der Waals surface area contributed by atoms with Gasteiger partial charge in [0, 0.05) is 25.7 Å². The van der Waals surface area contributed by atoms with Crippen molar-refractivity contribution in [3.05, 3.63) is 36.1 Å². The zero-order valence-corrected chi connectivity index (χ0v) is 13.8. The Kier molecular flexibility index (Phi) is 4.77. The normalized spacial score (nSPS) is 20.5. The van der Waals surface area contributed by atoms with Crippen molar-refractivity contribution in [1.29, 1.82) is 0 Å². The minimum atomic E-state index is -0.533. The highest BCUT2D eigenvalue weighted by Gasteiger charge is 2.32. The summed E-state index contributed by atoms with van der Waals surface area (Å²) in [5.74, 6) is 0.122. The van der Waals surface area contributed by atoms with Crippen LogP contribution in [0.25, 0.3) is 6.08 Å². The van der Waals surface area contributed by atoms with Gasteiger partial charge >= 0.3 is 0 Å². The van der Waals surface area contributed by atoms with Crippen LogP contribution in [0.2, 0.25) is 0 Å². The SMILES string of the molecule is C=CCN1C(=O)C(=Cc2ccc(N3CCOCC3)o2)C(=O)NC1=S. The van der Waals surface area contributed by atoms with Crippen LogP contribution in [0, 0.1) is 0 Å². The van der Waals surface area contributed by atoms with Crippen molar-refractivity contribution < 1.29 is 18.7 Å². The van der Waals surface area contributed by atoms with Gasteiger partial charge in [0.15, 0.2) is 11.0 Å². The average Bonchev–Trinajstić information content (AvgIpc) is 3.05. The number of morpholine rings is 1. The Balaban J connectivity index is 1.82. The summed E-state index contributed by atoms with van der Waals surface area (Å²) in [6.07, 6.45) is 2.97. The van der Waals surface area contributed by atoms with Crippen LogP contribution < -0.4 is 10.2 Å². The second-order valence-corrected chi connectivity index (χ2v) is 5.68. The number of carbonyl (C=O) groups is 2. The molecule has 3 heterocycles. The Hall–Kier alpha value is -2.45. The van der Waals surface area contributed by atoms with E-state index in [0.717, 1.165) is 13.1 Å². The molecule has 1 N–H and O–H groups in total. The zero-order valence-electron chi connectivity index (χ0n) is 13.0. The molecule has 1 aromatic heterocycles. The first-order valence-electron chi connectivity index (χ1n) is 7.52. The van der Waals surface area contributed by atoms with Gasteiger partial charge in [-0.1, -0.05) is 6.08 Å². The van der Waals surface area contributed by atoms with Crippen LogP contribution in [-0.2, 0) is 14.3 Å². The van der Waals surface area contributed by atoms with E-state index in [-0.39, 0.29) is 17.2 Å². The predicted molar refractivity (Wildman–Crippen MR) is 92.4 cm³/mol. The van der Waals surface area contributed by atoms with E-state index in [0.29, 0.717) is 24.9 Å². The maximum atomic E-state index is 12.4. The molecular formula is C16H17N3O4S. The number of anilines is 1. The quantitative estimate of drug-likeness (QED) is 0.378. The summed E-state index contributed by atoms with van der Waals surface area (Å²) in [4.78, 5) is 27.8. The van der Waals surface area contributed by atoms with Crippen LogP contribution in [0.4, 0.5) is 5.88 Å². The average molecular weight is 347 g/mol. The van der Waals surface area contributed by atoms with Gasteiger partial charge in [0.05, 0.1) is 13.2 Å². The molecule has 2 fully saturated rings. The molecule has 2 aliphatic heterocycles. The zero-order chi connectivity index (χ0) is 17.1. The first-order valence-corrected chi connectivity index (χ1v) is 7.93. The van der Waals surface area contributed by atoms with Gasteiger partial charge in [0.2, 0.25) is 0 Å². The van der Waals surface area contributed by atoms with Crippen LogP contribution in [0.3, 0.4) is 0 Å². The highest BCUT2D eigenvalue weighted by Crippen LogP contribution is 2.22. The summed E-state index contributed by atoms with van der Waals surface area (Å²) in [6.45, 7) is 6.59. The summed E-state index contributed by atoms with van der Waals surface area (Å²) < 4.78 is 11.0. The molecule has 0 aliphatic carbocycles. The predicted octanol–water partition coefficient (Wildman–Crippen LogP) is 0.929. The molecule has 3 rings (SSSR count). The molecular weight excluding hydrogens is 330 g/mol. The second-order valence-electron chi connectivity index (χ2n) is 5.30. The molecule has 0 spiro atoms. The lowest BCUT2D eigenvalue weighted by Gasteiger charge is -2.27. The number of furan rings is 1. The topological polar surface area (TPSA) is 75.0 Å². The number of rotatable bonds is 4. The molecule has 0 bridgehead atoms. The number of amides is 2. The minimum Gasteiger partial charge on any atom is -0.441 e. The summed E-state index contributed by atoms with van der Waals surface area (Å²) >= 11 is 5.01. The lowest BCUT2D eigenvalue weighted by Crippen LogP contribution is -2.53. The first-order chi connectivity index (χ1) is 11.6. The summed E-state index contributed by atoms with van der Waals surface area (Å²) in [6, 6.07) is 3.54. The van der Waals surface area contributed by atoms with Gasteiger partial charge in [0.1, 0.15) is 11.3 Å². The molecule has 1 aromatic rings. The summed E-state index contributed by atoms with van der Waals surface area (Å²) in [7, 11) is 0. The molecule has 0 saturated carbocycles. The fourth-order valence-electron chi connectivity index (χ4n) is 2.50. The lowest BCUT2D eigenvalue weighted by molar-refractivity contribution is -0.128. The van der Waals surface area contributed by atoms with Crippen LogP contribution in [0.5, 0.6) is 0 Å². The molecule has 0 radical (unpaired) electrons. The van der Waals surface area contributed by atoms with E-state index in [4.69, 9.17) is 21.4 Å². The standard InChI is InChI=1S/C16H17N3O4S/c1-2-5-19-15(21)12(14(20)17-16(19)24)10-11-3-4-13(23-11)18-6-8-22-9-7-18/h2-4,10H,1,5-9H2,(H,17,20,24). The Labute approximate surface area is 144 Å². The number of hydrogen-bond acceptors (Lipinski definition) is 6. The first kappa shape index (κ1) is 16.4. The van der Waals surface area contributed by atoms with E-state index in [9.17, 15) is 9.59 Å². The molecule has 8 heteroatoms. The maximum absolute atomic E-state index is 12.4. The number of hydrogen-bond donors (Lipinski definition) is 1. The molecule has 2 saturated heterocycles. The second kappa shape index (κ2) is 6.98. The molecule has 2 amide bonds. The molecule has 0 atom stereocenters. The van der Waals surface area contributed by atoms with E-state index in [2.05, 4.69) is 11.9 Å². The van der Waals surface area contributed by atoms with Crippen molar-refractivity contribution >= 4 is 41.1 Å². The highest BCUT2D eigenvalue weighted by atomic mass is 32.1. The molecule has 0 unspecified atom stereocenters. The highest BCUT2D eigenvalue weighted by molar-refractivity contribution is 7.80. The Morgan fingerprint density at radius 2 is 2.04 bits per heavy atom. The van der Waals surface area contributed by atoms with Crippen molar-refractivity contribution in [2.75, 3.05) is 37.7 Å². The molecule has 24 heavy (non-hydrogen) atoms. The minimum absolute atomic E-state index is 0.0201. The monoisotopic (exact) mass is 347 g/mol. The smallest absolute Gasteiger partial charge is 0.266 e. The van der Waals surface area contributed by atoms with Gasteiger partial charge in [-0.2, -0.15) is 0 Å². The molecule has 2 aliphatic rings.